The molecule has 1 aromatic rings. The Balaban J connectivity index is 2.92. The van der Waals surface area contributed by atoms with Gasteiger partial charge in [-0.1, -0.05) is 18.5 Å². The van der Waals surface area contributed by atoms with Gasteiger partial charge in [0.1, 0.15) is 16.8 Å². The summed E-state index contributed by atoms with van der Waals surface area (Å²) >= 11 is 5.93. The molecule has 0 spiro atoms. The summed E-state index contributed by atoms with van der Waals surface area (Å²) in [6, 6.07) is 1.64. The highest BCUT2D eigenvalue weighted by atomic mass is 35.5. The number of hydrogen-bond acceptors (Lipinski definition) is 5. The summed E-state index contributed by atoms with van der Waals surface area (Å²) in [6.07, 6.45) is 1.71. The van der Waals surface area contributed by atoms with Gasteiger partial charge in [-0.3, -0.25) is 0 Å². The largest absolute Gasteiger partial charge is 0.395 e. The van der Waals surface area contributed by atoms with Gasteiger partial charge in [0, 0.05) is 25.6 Å². The Kier molecular flexibility index (Phi) is 6.18. The number of aryl methyl sites for hydroxylation is 1. The molecular weight excluding hydrogens is 242 g/mol. The number of anilines is 1. The quantitative estimate of drug-likeness (QED) is 0.712. The van der Waals surface area contributed by atoms with Gasteiger partial charge in [-0.2, -0.15) is 0 Å². The fourth-order valence-electron chi connectivity index (χ4n) is 1.53. The maximum atomic E-state index is 8.97. The number of rotatable bonds is 7. The van der Waals surface area contributed by atoms with Crippen LogP contribution in [0.15, 0.2) is 6.07 Å². The molecule has 0 aliphatic carbocycles. The predicted molar refractivity (Wildman–Crippen MR) is 67.4 cm³/mol. The van der Waals surface area contributed by atoms with Crippen LogP contribution in [0, 0.1) is 0 Å². The number of aliphatic hydroxyl groups excluding tert-OH is 2. The molecular formula is C11H18ClN3O2. The second-order valence-electron chi connectivity index (χ2n) is 3.65. The summed E-state index contributed by atoms with van der Waals surface area (Å²) in [6.45, 7) is 2.89. The van der Waals surface area contributed by atoms with Crippen molar-refractivity contribution in [3.8, 4) is 0 Å². The Morgan fingerprint density at radius 1 is 1.24 bits per heavy atom. The summed E-state index contributed by atoms with van der Waals surface area (Å²) < 4.78 is 0. The van der Waals surface area contributed by atoms with E-state index in [2.05, 4.69) is 9.97 Å². The van der Waals surface area contributed by atoms with Gasteiger partial charge in [0.15, 0.2) is 0 Å². The fourth-order valence-corrected chi connectivity index (χ4v) is 1.73. The van der Waals surface area contributed by atoms with Gasteiger partial charge in [0.2, 0.25) is 0 Å². The van der Waals surface area contributed by atoms with E-state index in [-0.39, 0.29) is 13.2 Å². The smallest absolute Gasteiger partial charge is 0.134 e. The molecule has 96 valence electrons. The minimum Gasteiger partial charge on any atom is -0.395 e. The van der Waals surface area contributed by atoms with E-state index in [1.165, 1.54) is 0 Å². The van der Waals surface area contributed by atoms with Gasteiger partial charge in [-0.05, 0) is 6.42 Å². The molecule has 0 radical (unpaired) electrons. The Morgan fingerprint density at radius 3 is 2.41 bits per heavy atom. The van der Waals surface area contributed by atoms with Crippen LogP contribution in [0.3, 0.4) is 0 Å². The fraction of sp³-hybridized carbons (Fsp3) is 0.636. The van der Waals surface area contributed by atoms with E-state index in [4.69, 9.17) is 21.8 Å². The lowest BCUT2D eigenvalue weighted by Crippen LogP contribution is -2.30. The number of hydrogen-bond donors (Lipinski definition) is 2. The average Bonchev–Trinajstić information content (AvgIpc) is 2.28. The van der Waals surface area contributed by atoms with Gasteiger partial charge in [-0.25, -0.2) is 9.97 Å². The van der Waals surface area contributed by atoms with Crippen LogP contribution in [0.5, 0.6) is 0 Å². The molecule has 1 rings (SSSR count). The van der Waals surface area contributed by atoms with E-state index in [9.17, 15) is 0 Å². The van der Waals surface area contributed by atoms with E-state index in [0.29, 0.717) is 29.9 Å². The van der Waals surface area contributed by atoms with E-state index < -0.39 is 0 Å². The Bertz CT molecular complexity index is 343. The Hall–Kier alpha value is -0.910. The zero-order valence-electron chi connectivity index (χ0n) is 9.93. The Morgan fingerprint density at radius 2 is 1.88 bits per heavy atom. The number of halogens is 1. The first-order chi connectivity index (χ1) is 8.21. The standard InChI is InChI=1S/C11H18ClN3O2/c1-2-3-10-13-9(12)8-11(14-10)15(4-6-16)5-7-17/h8,16-17H,2-7H2,1H3. The second kappa shape index (κ2) is 7.42. The van der Waals surface area contributed by atoms with Crippen LogP contribution in [0.4, 0.5) is 5.82 Å². The summed E-state index contributed by atoms with van der Waals surface area (Å²) in [5.74, 6) is 1.34. The van der Waals surface area contributed by atoms with E-state index in [1.54, 1.807) is 11.0 Å². The molecule has 1 aromatic heterocycles. The van der Waals surface area contributed by atoms with Crippen LogP contribution < -0.4 is 4.90 Å². The lowest BCUT2D eigenvalue weighted by atomic mass is 10.3. The maximum Gasteiger partial charge on any atom is 0.134 e. The third kappa shape index (κ3) is 4.46. The first-order valence-electron chi connectivity index (χ1n) is 5.71. The van der Waals surface area contributed by atoms with Crippen LogP contribution in [0.25, 0.3) is 0 Å². The highest BCUT2D eigenvalue weighted by molar-refractivity contribution is 6.29. The number of nitrogens with zero attached hydrogens (tertiary/aromatic N) is 3. The lowest BCUT2D eigenvalue weighted by molar-refractivity contribution is 0.280. The first-order valence-corrected chi connectivity index (χ1v) is 6.09. The third-order valence-corrected chi connectivity index (χ3v) is 2.46. The highest BCUT2D eigenvalue weighted by Crippen LogP contribution is 2.16. The first kappa shape index (κ1) is 14.2. The lowest BCUT2D eigenvalue weighted by Gasteiger charge is -2.22. The van der Waals surface area contributed by atoms with Crippen LogP contribution in [0.1, 0.15) is 19.2 Å². The van der Waals surface area contributed by atoms with E-state index >= 15 is 0 Å². The van der Waals surface area contributed by atoms with Crippen molar-refractivity contribution in [3.63, 3.8) is 0 Å². The minimum absolute atomic E-state index is 0.00470. The molecule has 0 fully saturated rings. The Labute approximate surface area is 106 Å². The topological polar surface area (TPSA) is 69.5 Å². The number of aromatic nitrogens is 2. The molecule has 0 aliphatic rings. The van der Waals surface area contributed by atoms with Crippen LogP contribution in [-0.2, 0) is 6.42 Å². The van der Waals surface area contributed by atoms with Crippen molar-refractivity contribution in [2.75, 3.05) is 31.2 Å². The molecule has 2 N–H and O–H groups in total. The molecule has 0 saturated heterocycles. The van der Waals surface area contributed by atoms with E-state index in [1.807, 2.05) is 6.92 Å². The zero-order valence-corrected chi connectivity index (χ0v) is 10.7. The maximum absolute atomic E-state index is 8.97. The van der Waals surface area contributed by atoms with Crippen molar-refractivity contribution in [1.82, 2.24) is 9.97 Å². The molecule has 6 heteroatoms. The highest BCUT2D eigenvalue weighted by Gasteiger charge is 2.10. The molecule has 5 nitrogen and oxygen atoms in total. The van der Waals surface area contributed by atoms with Crippen LogP contribution in [-0.4, -0.2) is 46.5 Å². The monoisotopic (exact) mass is 259 g/mol. The number of aliphatic hydroxyl groups is 2. The second-order valence-corrected chi connectivity index (χ2v) is 4.04. The average molecular weight is 260 g/mol. The molecule has 0 atom stereocenters. The molecule has 0 bridgehead atoms. The van der Waals surface area contributed by atoms with Crippen molar-refractivity contribution in [3.05, 3.63) is 17.0 Å². The summed E-state index contributed by atoms with van der Waals surface area (Å²) in [5.41, 5.74) is 0. The van der Waals surface area contributed by atoms with Gasteiger partial charge in [0.25, 0.3) is 0 Å². The molecule has 0 unspecified atom stereocenters. The molecule has 0 aliphatic heterocycles. The molecule has 0 aromatic carbocycles. The third-order valence-electron chi connectivity index (χ3n) is 2.27. The minimum atomic E-state index is 0.00470. The molecule has 0 amide bonds. The molecule has 17 heavy (non-hydrogen) atoms. The van der Waals surface area contributed by atoms with Crippen molar-refractivity contribution in [2.24, 2.45) is 0 Å². The van der Waals surface area contributed by atoms with Crippen molar-refractivity contribution >= 4 is 17.4 Å². The summed E-state index contributed by atoms with van der Waals surface area (Å²) in [4.78, 5) is 10.3. The van der Waals surface area contributed by atoms with Gasteiger partial charge >= 0.3 is 0 Å². The van der Waals surface area contributed by atoms with E-state index in [0.717, 1.165) is 12.8 Å². The normalized spacial score (nSPS) is 10.6. The van der Waals surface area contributed by atoms with Crippen molar-refractivity contribution in [2.45, 2.75) is 19.8 Å². The molecule has 1 heterocycles. The van der Waals surface area contributed by atoms with Gasteiger partial charge in [0.05, 0.1) is 13.2 Å². The van der Waals surface area contributed by atoms with Crippen molar-refractivity contribution < 1.29 is 10.2 Å². The van der Waals surface area contributed by atoms with Gasteiger partial charge < -0.3 is 15.1 Å². The predicted octanol–water partition coefficient (Wildman–Crippen LogP) is 0.873. The van der Waals surface area contributed by atoms with Crippen LogP contribution >= 0.6 is 11.6 Å². The summed E-state index contributed by atoms with van der Waals surface area (Å²) in [5, 5.41) is 18.3. The SMILES string of the molecule is CCCc1nc(Cl)cc(N(CCO)CCO)n1. The summed E-state index contributed by atoms with van der Waals surface area (Å²) in [7, 11) is 0. The van der Waals surface area contributed by atoms with Gasteiger partial charge in [-0.15, -0.1) is 0 Å². The van der Waals surface area contributed by atoms with Crippen LogP contribution in [0.2, 0.25) is 5.15 Å². The molecule has 0 saturated carbocycles. The van der Waals surface area contributed by atoms with Crippen molar-refractivity contribution in [1.29, 1.82) is 0 Å². The zero-order chi connectivity index (χ0) is 12.7.